The van der Waals surface area contributed by atoms with E-state index in [1.54, 1.807) is 0 Å². The van der Waals surface area contributed by atoms with Crippen molar-refractivity contribution in [1.29, 1.82) is 0 Å². The Bertz CT molecular complexity index is 558. The molecular formula is C16H21Cl2NO3. The first-order valence-corrected chi connectivity index (χ1v) is 7.90. The highest BCUT2D eigenvalue weighted by atomic mass is 35.5. The summed E-state index contributed by atoms with van der Waals surface area (Å²) in [6.45, 7) is 6.54. The summed E-state index contributed by atoms with van der Waals surface area (Å²) in [5.41, 5.74) is 0.0949. The van der Waals surface area contributed by atoms with Crippen molar-refractivity contribution in [2.24, 2.45) is 5.92 Å². The third kappa shape index (κ3) is 5.27. The van der Waals surface area contributed by atoms with E-state index in [9.17, 15) is 14.7 Å². The molecule has 0 amide bonds. The van der Waals surface area contributed by atoms with Gasteiger partial charge in [-0.3, -0.25) is 9.59 Å². The quantitative estimate of drug-likeness (QED) is 0.551. The molecule has 0 aliphatic heterocycles. The second-order valence-corrected chi connectivity index (χ2v) is 6.68. The van der Waals surface area contributed by atoms with Crippen molar-refractivity contribution in [1.82, 2.24) is 5.32 Å². The Morgan fingerprint density at radius 1 is 1.32 bits per heavy atom. The van der Waals surface area contributed by atoms with Gasteiger partial charge in [-0.05, 0) is 51.4 Å². The van der Waals surface area contributed by atoms with Gasteiger partial charge in [-0.1, -0.05) is 30.1 Å². The summed E-state index contributed by atoms with van der Waals surface area (Å²) in [6, 6.07) is 4.43. The number of carbonyl (C=O) groups is 2. The Labute approximate surface area is 140 Å². The molecule has 0 aliphatic carbocycles. The van der Waals surface area contributed by atoms with Crippen molar-refractivity contribution >= 4 is 35.0 Å². The van der Waals surface area contributed by atoms with Gasteiger partial charge < -0.3 is 10.4 Å². The highest BCUT2D eigenvalue weighted by Gasteiger charge is 2.29. The van der Waals surface area contributed by atoms with Gasteiger partial charge in [0.2, 0.25) is 0 Å². The molecule has 2 N–H and O–H groups in total. The number of ketones is 1. The zero-order valence-corrected chi connectivity index (χ0v) is 14.5. The second-order valence-electron chi connectivity index (χ2n) is 5.83. The molecule has 0 spiro atoms. The molecule has 0 saturated heterocycles. The molecular weight excluding hydrogens is 325 g/mol. The minimum Gasteiger partial charge on any atom is -0.481 e. The Balaban J connectivity index is 2.82. The van der Waals surface area contributed by atoms with Gasteiger partial charge in [0, 0.05) is 16.1 Å². The Morgan fingerprint density at radius 3 is 2.45 bits per heavy atom. The number of halogens is 2. The van der Waals surface area contributed by atoms with Crippen LogP contribution in [-0.4, -0.2) is 28.9 Å². The van der Waals surface area contributed by atoms with Crippen LogP contribution in [0.2, 0.25) is 10.0 Å². The largest absolute Gasteiger partial charge is 0.481 e. The summed E-state index contributed by atoms with van der Waals surface area (Å²) in [5.74, 6) is -2.77. The van der Waals surface area contributed by atoms with Crippen molar-refractivity contribution in [2.75, 3.05) is 6.54 Å². The van der Waals surface area contributed by atoms with Crippen molar-refractivity contribution in [3.63, 3.8) is 0 Å². The van der Waals surface area contributed by atoms with Crippen LogP contribution < -0.4 is 5.32 Å². The molecule has 0 fully saturated rings. The fraction of sp³-hybridized carbons (Fsp3) is 0.500. The van der Waals surface area contributed by atoms with Crippen molar-refractivity contribution in [2.45, 2.75) is 39.2 Å². The average Bonchev–Trinajstić information content (AvgIpc) is 2.42. The van der Waals surface area contributed by atoms with Gasteiger partial charge in [-0.15, -0.1) is 0 Å². The van der Waals surface area contributed by atoms with E-state index in [1.165, 1.54) is 18.2 Å². The molecule has 0 radical (unpaired) electrons. The number of carbonyl (C=O) groups excluding carboxylic acids is 1. The molecule has 0 heterocycles. The molecule has 122 valence electrons. The van der Waals surface area contributed by atoms with Crippen LogP contribution in [-0.2, 0) is 4.79 Å². The van der Waals surface area contributed by atoms with Crippen LogP contribution in [0.5, 0.6) is 0 Å². The summed E-state index contributed by atoms with van der Waals surface area (Å²) >= 11 is 11.8. The van der Waals surface area contributed by atoms with E-state index >= 15 is 0 Å². The fourth-order valence-corrected chi connectivity index (χ4v) is 2.43. The van der Waals surface area contributed by atoms with Crippen LogP contribution in [0, 0.1) is 5.92 Å². The van der Waals surface area contributed by atoms with Gasteiger partial charge in [-0.25, -0.2) is 0 Å². The van der Waals surface area contributed by atoms with E-state index in [-0.39, 0.29) is 22.5 Å². The SMILES string of the molecule is CCC(C)(C)NCCC(C(=O)O)C(=O)c1ccc(Cl)cc1Cl. The number of hydrogen-bond acceptors (Lipinski definition) is 3. The summed E-state index contributed by atoms with van der Waals surface area (Å²) in [5, 5.41) is 13.1. The van der Waals surface area contributed by atoms with Gasteiger partial charge in [0.15, 0.2) is 5.78 Å². The predicted molar refractivity (Wildman–Crippen MR) is 88.9 cm³/mol. The lowest BCUT2D eigenvalue weighted by atomic mass is 9.93. The molecule has 1 aromatic rings. The van der Waals surface area contributed by atoms with Crippen LogP contribution in [0.1, 0.15) is 44.0 Å². The van der Waals surface area contributed by atoms with E-state index in [4.69, 9.17) is 23.2 Å². The summed E-state index contributed by atoms with van der Waals surface area (Å²) in [7, 11) is 0. The van der Waals surface area contributed by atoms with E-state index < -0.39 is 17.7 Å². The average molecular weight is 346 g/mol. The molecule has 4 nitrogen and oxygen atoms in total. The third-order valence-corrected chi connectivity index (χ3v) is 4.28. The third-order valence-electron chi connectivity index (χ3n) is 3.73. The molecule has 0 aromatic heterocycles. The minimum atomic E-state index is -1.15. The van der Waals surface area contributed by atoms with Crippen LogP contribution >= 0.6 is 23.2 Å². The van der Waals surface area contributed by atoms with E-state index in [0.29, 0.717) is 11.6 Å². The first-order chi connectivity index (χ1) is 10.2. The van der Waals surface area contributed by atoms with Crippen LogP contribution in [0.15, 0.2) is 18.2 Å². The highest BCUT2D eigenvalue weighted by molar-refractivity contribution is 6.37. The number of carboxylic acids is 1. The number of benzene rings is 1. The number of aliphatic carboxylic acids is 1. The van der Waals surface area contributed by atoms with Gasteiger partial charge >= 0.3 is 5.97 Å². The lowest BCUT2D eigenvalue weighted by molar-refractivity contribution is -0.140. The minimum absolute atomic E-state index is 0.0932. The van der Waals surface area contributed by atoms with Crippen LogP contribution in [0.3, 0.4) is 0 Å². The van der Waals surface area contributed by atoms with E-state index in [0.717, 1.165) is 6.42 Å². The van der Waals surface area contributed by atoms with Crippen molar-refractivity contribution < 1.29 is 14.7 Å². The van der Waals surface area contributed by atoms with Gasteiger partial charge in [0.05, 0.1) is 5.02 Å². The normalized spacial score (nSPS) is 13.0. The molecule has 1 rings (SSSR count). The number of carboxylic acid groups (broad SMARTS) is 1. The van der Waals surface area contributed by atoms with Crippen LogP contribution in [0.25, 0.3) is 0 Å². The highest BCUT2D eigenvalue weighted by Crippen LogP contribution is 2.24. The second kappa shape index (κ2) is 7.95. The maximum atomic E-state index is 12.4. The molecule has 1 atom stereocenters. The lowest BCUT2D eigenvalue weighted by Crippen LogP contribution is -2.40. The monoisotopic (exact) mass is 345 g/mol. The molecule has 6 heteroatoms. The van der Waals surface area contributed by atoms with E-state index in [1.807, 2.05) is 20.8 Å². The predicted octanol–water partition coefficient (Wildman–Crippen LogP) is 4.05. The zero-order valence-electron chi connectivity index (χ0n) is 13.0. The standard InChI is InChI=1S/C16H21Cl2NO3/c1-4-16(2,3)19-8-7-12(15(21)22)14(20)11-6-5-10(17)9-13(11)18/h5-6,9,12,19H,4,7-8H2,1-3H3,(H,21,22). The maximum absolute atomic E-state index is 12.4. The first-order valence-electron chi connectivity index (χ1n) is 7.15. The first kappa shape index (κ1) is 18.9. The molecule has 1 aromatic carbocycles. The Kier molecular flexibility index (Phi) is 6.85. The summed E-state index contributed by atoms with van der Waals surface area (Å²) < 4.78 is 0. The van der Waals surface area contributed by atoms with Gasteiger partial charge in [0.1, 0.15) is 5.92 Å². The molecule has 0 saturated carbocycles. The molecule has 22 heavy (non-hydrogen) atoms. The topological polar surface area (TPSA) is 66.4 Å². The molecule has 0 aliphatic rings. The molecule has 0 bridgehead atoms. The van der Waals surface area contributed by atoms with Crippen molar-refractivity contribution in [3.8, 4) is 0 Å². The lowest BCUT2D eigenvalue weighted by Gasteiger charge is -2.25. The number of Topliss-reactive ketones (excluding diaryl/α,β-unsaturated/α-hetero) is 1. The van der Waals surface area contributed by atoms with E-state index in [2.05, 4.69) is 5.32 Å². The number of nitrogens with one attached hydrogen (secondary N) is 1. The Hall–Kier alpha value is -1.10. The zero-order chi connectivity index (χ0) is 16.9. The Morgan fingerprint density at radius 2 is 1.95 bits per heavy atom. The van der Waals surface area contributed by atoms with Gasteiger partial charge in [0.25, 0.3) is 0 Å². The van der Waals surface area contributed by atoms with Crippen molar-refractivity contribution in [3.05, 3.63) is 33.8 Å². The number of hydrogen-bond donors (Lipinski definition) is 2. The van der Waals surface area contributed by atoms with Gasteiger partial charge in [-0.2, -0.15) is 0 Å². The maximum Gasteiger partial charge on any atom is 0.314 e. The van der Waals surface area contributed by atoms with Crippen LogP contribution in [0.4, 0.5) is 0 Å². The number of rotatable bonds is 8. The summed E-state index contributed by atoms with van der Waals surface area (Å²) in [6.07, 6.45) is 1.11. The fourth-order valence-electron chi connectivity index (χ4n) is 1.92. The summed E-state index contributed by atoms with van der Waals surface area (Å²) in [4.78, 5) is 23.8. The molecule has 1 unspecified atom stereocenters. The smallest absolute Gasteiger partial charge is 0.314 e.